The van der Waals surface area contributed by atoms with Gasteiger partial charge >= 0.3 is 0 Å². The van der Waals surface area contributed by atoms with Crippen molar-refractivity contribution >= 4 is 27.3 Å². The van der Waals surface area contributed by atoms with Crippen LogP contribution in [0.1, 0.15) is 15.9 Å². The standard InChI is InChI=1S/C14H15N3O3S/c1-9-12(15)6-3-7-13(9)21(19,20)17-11-5-2-4-10(8-11)14(16)18/h2-8,17H,15H2,1H3,(H2,16,18). The van der Waals surface area contributed by atoms with E-state index in [4.69, 9.17) is 11.5 Å². The molecule has 0 spiro atoms. The number of anilines is 2. The Morgan fingerprint density at radius 2 is 1.81 bits per heavy atom. The molecular weight excluding hydrogens is 290 g/mol. The predicted octanol–water partition coefficient (Wildman–Crippen LogP) is 1.48. The maximum absolute atomic E-state index is 12.4. The van der Waals surface area contributed by atoms with Gasteiger partial charge in [-0.1, -0.05) is 12.1 Å². The first kappa shape index (κ1) is 14.9. The second kappa shape index (κ2) is 5.45. The van der Waals surface area contributed by atoms with E-state index in [-0.39, 0.29) is 16.1 Å². The van der Waals surface area contributed by atoms with Crippen molar-refractivity contribution in [1.29, 1.82) is 0 Å². The fourth-order valence-corrected chi connectivity index (χ4v) is 3.19. The molecule has 0 aliphatic rings. The van der Waals surface area contributed by atoms with Crippen LogP contribution >= 0.6 is 0 Å². The number of nitrogens with one attached hydrogen (secondary N) is 1. The van der Waals surface area contributed by atoms with Crippen LogP contribution in [0.25, 0.3) is 0 Å². The molecule has 0 atom stereocenters. The summed E-state index contributed by atoms with van der Waals surface area (Å²) in [5.41, 5.74) is 12.2. The highest BCUT2D eigenvalue weighted by Gasteiger charge is 2.18. The molecule has 0 radical (unpaired) electrons. The molecule has 1 amide bonds. The normalized spacial score (nSPS) is 11.1. The van der Waals surface area contributed by atoms with Gasteiger partial charge in [-0.25, -0.2) is 8.42 Å². The van der Waals surface area contributed by atoms with Crippen molar-refractivity contribution in [3.8, 4) is 0 Å². The molecule has 2 aromatic carbocycles. The number of carbonyl (C=O) groups is 1. The lowest BCUT2D eigenvalue weighted by Crippen LogP contribution is -2.16. The topological polar surface area (TPSA) is 115 Å². The summed E-state index contributed by atoms with van der Waals surface area (Å²) in [6, 6.07) is 10.6. The Hall–Kier alpha value is -2.54. The zero-order chi connectivity index (χ0) is 15.6. The first-order valence-corrected chi connectivity index (χ1v) is 7.57. The molecule has 2 rings (SSSR count). The average Bonchev–Trinajstić information content (AvgIpc) is 2.41. The van der Waals surface area contributed by atoms with E-state index >= 15 is 0 Å². The minimum atomic E-state index is -3.79. The second-order valence-corrected chi connectivity index (χ2v) is 6.17. The number of primary amides is 1. The van der Waals surface area contributed by atoms with E-state index < -0.39 is 15.9 Å². The SMILES string of the molecule is Cc1c(N)cccc1S(=O)(=O)Nc1cccc(C(N)=O)c1. The third-order valence-corrected chi connectivity index (χ3v) is 4.54. The van der Waals surface area contributed by atoms with E-state index in [1.807, 2.05) is 0 Å². The van der Waals surface area contributed by atoms with E-state index in [2.05, 4.69) is 4.72 Å². The average molecular weight is 305 g/mol. The van der Waals surface area contributed by atoms with Gasteiger partial charge in [0.15, 0.2) is 0 Å². The molecule has 0 unspecified atom stereocenters. The van der Waals surface area contributed by atoms with Gasteiger partial charge < -0.3 is 11.5 Å². The lowest BCUT2D eigenvalue weighted by molar-refractivity contribution is 0.100. The zero-order valence-corrected chi connectivity index (χ0v) is 12.1. The second-order valence-electron chi connectivity index (χ2n) is 4.52. The van der Waals surface area contributed by atoms with Crippen molar-refractivity contribution in [3.05, 3.63) is 53.6 Å². The van der Waals surface area contributed by atoms with Crippen LogP contribution in [0.3, 0.4) is 0 Å². The van der Waals surface area contributed by atoms with Crippen molar-refractivity contribution in [3.63, 3.8) is 0 Å². The number of hydrogen-bond acceptors (Lipinski definition) is 4. The first-order chi connectivity index (χ1) is 9.81. The molecule has 110 valence electrons. The van der Waals surface area contributed by atoms with Crippen LogP contribution in [0.4, 0.5) is 11.4 Å². The predicted molar refractivity (Wildman–Crippen MR) is 81.4 cm³/mol. The summed E-state index contributed by atoms with van der Waals surface area (Å²) < 4.78 is 27.2. The largest absolute Gasteiger partial charge is 0.398 e. The number of rotatable bonds is 4. The molecule has 0 aromatic heterocycles. The van der Waals surface area contributed by atoms with Gasteiger partial charge in [-0.05, 0) is 42.8 Å². The third kappa shape index (κ3) is 3.14. The van der Waals surface area contributed by atoms with Gasteiger partial charge in [0.05, 0.1) is 4.90 Å². The van der Waals surface area contributed by atoms with Crippen molar-refractivity contribution in [2.75, 3.05) is 10.5 Å². The Morgan fingerprint density at radius 3 is 2.48 bits per heavy atom. The van der Waals surface area contributed by atoms with Crippen molar-refractivity contribution in [2.24, 2.45) is 5.73 Å². The Bertz CT molecular complexity index is 801. The van der Waals surface area contributed by atoms with Crippen molar-refractivity contribution in [2.45, 2.75) is 11.8 Å². The van der Waals surface area contributed by atoms with Crippen LogP contribution in [0.15, 0.2) is 47.4 Å². The van der Waals surface area contributed by atoms with Crippen LogP contribution < -0.4 is 16.2 Å². The van der Waals surface area contributed by atoms with Gasteiger partial charge in [0.25, 0.3) is 10.0 Å². The molecule has 0 aliphatic carbocycles. The number of sulfonamides is 1. The smallest absolute Gasteiger partial charge is 0.262 e. The number of amides is 1. The van der Waals surface area contributed by atoms with E-state index in [1.54, 1.807) is 25.1 Å². The summed E-state index contributed by atoms with van der Waals surface area (Å²) in [5.74, 6) is -0.629. The maximum atomic E-state index is 12.4. The number of nitrogens with two attached hydrogens (primary N) is 2. The molecule has 21 heavy (non-hydrogen) atoms. The highest BCUT2D eigenvalue weighted by molar-refractivity contribution is 7.92. The Labute approximate surface area is 122 Å². The molecule has 0 aliphatic heterocycles. The summed E-state index contributed by atoms with van der Waals surface area (Å²) in [7, 11) is -3.79. The molecule has 0 heterocycles. The van der Waals surface area contributed by atoms with Crippen LogP contribution in [0, 0.1) is 6.92 Å². The molecule has 0 saturated heterocycles. The van der Waals surface area contributed by atoms with Gasteiger partial charge in [0.1, 0.15) is 0 Å². The highest BCUT2D eigenvalue weighted by Crippen LogP contribution is 2.23. The number of nitrogen functional groups attached to an aromatic ring is 1. The lowest BCUT2D eigenvalue weighted by Gasteiger charge is -2.12. The number of carbonyl (C=O) groups excluding carboxylic acids is 1. The van der Waals surface area contributed by atoms with E-state index in [9.17, 15) is 13.2 Å². The lowest BCUT2D eigenvalue weighted by atomic mass is 10.2. The zero-order valence-electron chi connectivity index (χ0n) is 11.3. The summed E-state index contributed by atoms with van der Waals surface area (Å²) in [6.07, 6.45) is 0. The molecule has 0 saturated carbocycles. The summed E-state index contributed by atoms with van der Waals surface area (Å²) in [5, 5.41) is 0. The molecule has 5 N–H and O–H groups in total. The van der Waals surface area contributed by atoms with E-state index in [1.165, 1.54) is 24.3 Å². The maximum Gasteiger partial charge on any atom is 0.262 e. The third-order valence-electron chi connectivity index (χ3n) is 3.01. The van der Waals surface area contributed by atoms with Crippen molar-refractivity contribution in [1.82, 2.24) is 0 Å². The fraction of sp³-hybridized carbons (Fsp3) is 0.0714. The van der Waals surface area contributed by atoms with Crippen LogP contribution in [0.2, 0.25) is 0 Å². The monoisotopic (exact) mass is 305 g/mol. The first-order valence-electron chi connectivity index (χ1n) is 6.09. The fourth-order valence-electron chi connectivity index (χ4n) is 1.87. The molecule has 6 nitrogen and oxygen atoms in total. The van der Waals surface area contributed by atoms with Crippen LogP contribution in [-0.4, -0.2) is 14.3 Å². The summed E-state index contributed by atoms with van der Waals surface area (Å²) in [6.45, 7) is 1.63. The highest BCUT2D eigenvalue weighted by atomic mass is 32.2. The quantitative estimate of drug-likeness (QED) is 0.742. The minimum absolute atomic E-state index is 0.0898. The van der Waals surface area contributed by atoms with E-state index in [0.717, 1.165) is 0 Å². The van der Waals surface area contributed by atoms with Gasteiger partial charge in [-0.15, -0.1) is 0 Å². The Balaban J connectivity index is 2.40. The number of benzene rings is 2. The number of hydrogen-bond donors (Lipinski definition) is 3. The molecule has 0 fully saturated rings. The Kier molecular flexibility index (Phi) is 3.86. The van der Waals surface area contributed by atoms with Crippen molar-refractivity contribution < 1.29 is 13.2 Å². The molecular formula is C14H15N3O3S. The van der Waals surface area contributed by atoms with Crippen LogP contribution in [0.5, 0.6) is 0 Å². The molecule has 2 aromatic rings. The Morgan fingerprint density at radius 1 is 1.14 bits per heavy atom. The molecule has 7 heteroatoms. The van der Waals surface area contributed by atoms with Gasteiger partial charge in [-0.3, -0.25) is 9.52 Å². The van der Waals surface area contributed by atoms with Crippen LogP contribution in [-0.2, 0) is 10.0 Å². The van der Waals surface area contributed by atoms with Gasteiger partial charge in [0.2, 0.25) is 5.91 Å². The van der Waals surface area contributed by atoms with E-state index in [0.29, 0.717) is 11.3 Å². The summed E-state index contributed by atoms with van der Waals surface area (Å²) in [4.78, 5) is 11.2. The minimum Gasteiger partial charge on any atom is -0.398 e. The summed E-state index contributed by atoms with van der Waals surface area (Å²) >= 11 is 0. The van der Waals surface area contributed by atoms with Gasteiger partial charge in [0, 0.05) is 16.9 Å². The van der Waals surface area contributed by atoms with Gasteiger partial charge in [-0.2, -0.15) is 0 Å². The molecule has 0 bridgehead atoms.